The van der Waals surface area contributed by atoms with E-state index in [1.165, 1.54) is 10.8 Å². The number of morpholine rings is 1. The summed E-state index contributed by atoms with van der Waals surface area (Å²) in [7, 11) is 0. The van der Waals surface area contributed by atoms with Gasteiger partial charge in [0.15, 0.2) is 17.3 Å². The van der Waals surface area contributed by atoms with Crippen molar-refractivity contribution in [1.29, 1.82) is 0 Å². The van der Waals surface area contributed by atoms with E-state index >= 15 is 0 Å². The van der Waals surface area contributed by atoms with Gasteiger partial charge in [-0.15, -0.1) is 5.10 Å². The highest BCUT2D eigenvalue weighted by atomic mass is 79.9. The van der Waals surface area contributed by atoms with E-state index in [0.717, 1.165) is 29.1 Å². The number of hydrogen-bond donors (Lipinski definition) is 2. The molecule has 4 aromatic heterocycles. The van der Waals surface area contributed by atoms with E-state index in [0.29, 0.717) is 84.6 Å². The molecule has 1 atom stereocenters. The maximum Gasteiger partial charge on any atom is 0.279 e. The van der Waals surface area contributed by atoms with E-state index in [1.54, 1.807) is 34.6 Å². The Morgan fingerprint density at radius 2 is 1.81 bits per heavy atom. The number of aromatic hydroxyl groups is 1. The van der Waals surface area contributed by atoms with Gasteiger partial charge in [-0.1, -0.05) is 34.5 Å². The fourth-order valence-corrected chi connectivity index (χ4v) is 8.90. The van der Waals surface area contributed by atoms with Crippen molar-refractivity contribution in [3.63, 3.8) is 0 Å². The van der Waals surface area contributed by atoms with Gasteiger partial charge in [0.2, 0.25) is 11.7 Å². The van der Waals surface area contributed by atoms with Gasteiger partial charge in [0.25, 0.3) is 11.5 Å². The molecule has 2 saturated heterocycles. The summed E-state index contributed by atoms with van der Waals surface area (Å²) in [6.45, 7) is 8.84. The number of nitrogens with one attached hydrogen (secondary N) is 1. The van der Waals surface area contributed by atoms with Crippen LogP contribution in [0, 0.1) is 13.8 Å². The quantitative estimate of drug-likeness (QED) is 0.245. The molecule has 0 radical (unpaired) electrons. The molecule has 5 aromatic rings. The number of likely N-dealkylation sites (tertiary alicyclic amines) is 1. The van der Waals surface area contributed by atoms with Crippen LogP contribution >= 0.6 is 27.5 Å². The van der Waals surface area contributed by atoms with Crippen LogP contribution in [0.4, 0.5) is 11.5 Å². The van der Waals surface area contributed by atoms with Crippen LogP contribution in [-0.2, 0) is 21.5 Å². The summed E-state index contributed by atoms with van der Waals surface area (Å²) in [5.41, 5.74) is 2.53. The first kappa shape index (κ1) is 36.1. The predicted octanol–water partition coefficient (Wildman–Crippen LogP) is 4.64. The highest BCUT2D eigenvalue weighted by Gasteiger charge is 2.49. The lowest BCUT2D eigenvalue weighted by molar-refractivity contribution is -0.116. The topological polar surface area (TPSA) is 173 Å². The Morgan fingerprint density at radius 1 is 1.06 bits per heavy atom. The number of fused-ring (bicyclic) bond motifs is 3. The SMILES string of the molecule is Cc1nc(N2CCOCC2)ccc1-c1nc2n(CC(=O)Nc3ccc(Br)cc3Cl)c3c(c(=O)n2n1)C1(CCN(C(=O)c2ncnc(C)c2O)CC1)C[C@@H]3C. The smallest absolute Gasteiger partial charge is 0.279 e. The number of pyridine rings is 1. The number of carbonyl (C=O) groups is 2. The molecule has 1 spiro atoms. The van der Waals surface area contributed by atoms with Crippen molar-refractivity contribution in [3.8, 4) is 17.1 Å². The number of piperidine rings is 1. The van der Waals surface area contributed by atoms with Gasteiger partial charge >= 0.3 is 0 Å². The average Bonchev–Trinajstić information content (AvgIpc) is 3.72. The second-order valence-corrected chi connectivity index (χ2v) is 15.5. The standard InChI is InChI=1S/C37H38BrClN10O5/c1-20-17-37(8-10-47(11-9-37)35(53)30-32(51)22(3)40-19-41-30)29-31(20)48(18-28(50)43-26-6-4-23(38)16-25(26)39)36-44-33(45-49(36)34(29)52)24-5-7-27(42-21(24)2)46-12-14-54-15-13-46/h4-7,16,19-20,51H,8-15,17-18H2,1-3H3,(H,43,50)/t20-/m0/s1. The second-order valence-electron chi connectivity index (χ2n) is 14.2. The van der Waals surface area contributed by atoms with E-state index in [-0.39, 0.29) is 47.1 Å². The molecule has 0 bridgehead atoms. The fourth-order valence-electron chi connectivity index (χ4n) is 8.18. The van der Waals surface area contributed by atoms with E-state index < -0.39 is 5.41 Å². The van der Waals surface area contributed by atoms with Gasteiger partial charge in [-0.25, -0.2) is 15.0 Å². The van der Waals surface area contributed by atoms with Crippen LogP contribution in [0.2, 0.25) is 5.02 Å². The molecule has 54 heavy (non-hydrogen) atoms. The molecule has 8 rings (SSSR count). The third-order valence-corrected chi connectivity index (χ3v) is 11.7. The first-order chi connectivity index (χ1) is 25.9. The van der Waals surface area contributed by atoms with Crippen LogP contribution in [0.3, 0.4) is 0 Å². The minimum Gasteiger partial charge on any atom is -0.504 e. The van der Waals surface area contributed by atoms with Crippen LogP contribution in [0.5, 0.6) is 5.75 Å². The molecule has 1 aromatic carbocycles. The van der Waals surface area contributed by atoms with Gasteiger partial charge in [0.1, 0.15) is 18.7 Å². The van der Waals surface area contributed by atoms with Crippen LogP contribution in [0.15, 0.2) is 45.9 Å². The van der Waals surface area contributed by atoms with Crippen molar-refractivity contribution in [2.24, 2.45) is 0 Å². The molecule has 2 N–H and O–H groups in total. The molecule has 15 nitrogen and oxygen atoms in total. The Kier molecular flexibility index (Phi) is 9.38. The second kappa shape index (κ2) is 14.0. The van der Waals surface area contributed by atoms with Crippen molar-refractivity contribution in [2.75, 3.05) is 49.6 Å². The number of amides is 2. The maximum absolute atomic E-state index is 14.7. The van der Waals surface area contributed by atoms with Gasteiger partial charge < -0.3 is 29.5 Å². The number of ether oxygens (including phenoxy) is 1. The lowest BCUT2D eigenvalue weighted by Gasteiger charge is -2.39. The molecule has 3 aliphatic rings. The summed E-state index contributed by atoms with van der Waals surface area (Å²) in [5.74, 6) is 0.302. The lowest BCUT2D eigenvalue weighted by atomic mass is 9.73. The fraction of sp³-hybridized carbons (Fsp3) is 0.405. The van der Waals surface area contributed by atoms with Gasteiger partial charge in [0.05, 0.1) is 35.3 Å². The number of carbonyl (C=O) groups excluding carboxylic acids is 2. The van der Waals surface area contributed by atoms with Gasteiger partial charge in [-0.05, 0) is 69.4 Å². The monoisotopic (exact) mass is 816 g/mol. The molecule has 0 unspecified atom stereocenters. The van der Waals surface area contributed by atoms with E-state index in [4.69, 9.17) is 31.4 Å². The molecule has 6 heterocycles. The van der Waals surface area contributed by atoms with Crippen molar-refractivity contribution >= 4 is 56.6 Å². The van der Waals surface area contributed by atoms with Crippen LogP contribution in [0.25, 0.3) is 17.2 Å². The molecule has 1 aliphatic carbocycles. The molecule has 17 heteroatoms. The zero-order valence-corrected chi connectivity index (χ0v) is 32.3. The zero-order valence-electron chi connectivity index (χ0n) is 30.0. The molecular formula is C37H38BrClN10O5. The number of aromatic nitrogens is 7. The normalized spacial score (nSPS) is 18.0. The first-order valence-electron chi connectivity index (χ1n) is 17.8. The summed E-state index contributed by atoms with van der Waals surface area (Å²) in [5, 5.41) is 18.6. The summed E-state index contributed by atoms with van der Waals surface area (Å²) < 4.78 is 9.39. The summed E-state index contributed by atoms with van der Waals surface area (Å²) in [6, 6.07) is 9.05. The van der Waals surface area contributed by atoms with Crippen LogP contribution in [0.1, 0.15) is 65.2 Å². The minimum absolute atomic E-state index is 0.0440. The molecule has 2 amide bonds. The predicted molar refractivity (Wildman–Crippen MR) is 204 cm³/mol. The Morgan fingerprint density at radius 3 is 2.54 bits per heavy atom. The van der Waals surface area contributed by atoms with Crippen molar-refractivity contribution in [3.05, 3.63) is 84.8 Å². The Labute approximate surface area is 323 Å². The third-order valence-electron chi connectivity index (χ3n) is 10.8. The Balaban J connectivity index is 1.19. The molecule has 2 fully saturated rings. The van der Waals surface area contributed by atoms with E-state index in [9.17, 15) is 19.5 Å². The van der Waals surface area contributed by atoms with Crippen molar-refractivity contribution < 1.29 is 19.4 Å². The number of rotatable bonds is 6. The highest BCUT2D eigenvalue weighted by molar-refractivity contribution is 9.10. The third kappa shape index (κ3) is 6.29. The number of halogens is 2. The summed E-state index contributed by atoms with van der Waals surface area (Å²) in [4.78, 5) is 63.6. The average molecular weight is 818 g/mol. The van der Waals surface area contributed by atoms with Gasteiger partial charge in [-0.3, -0.25) is 14.4 Å². The number of benzene rings is 1. The highest BCUT2D eigenvalue weighted by Crippen LogP contribution is 2.50. The van der Waals surface area contributed by atoms with Gasteiger partial charge in [0, 0.05) is 52.9 Å². The van der Waals surface area contributed by atoms with Crippen molar-refractivity contribution in [1.82, 2.24) is 39.0 Å². The largest absolute Gasteiger partial charge is 0.504 e. The number of anilines is 2. The lowest BCUT2D eigenvalue weighted by Crippen LogP contribution is -2.46. The Bertz CT molecular complexity index is 2390. The number of nitrogens with zero attached hydrogens (tertiary/aromatic N) is 9. The van der Waals surface area contributed by atoms with Crippen LogP contribution < -0.4 is 15.8 Å². The summed E-state index contributed by atoms with van der Waals surface area (Å²) >= 11 is 9.87. The number of aryl methyl sites for hydroxylation is 2. The van der Waals surface area contributed by atoms with E-state index in [1.807, 2.05) is 19.1 Å². The molecule has 0 saturated carbocycles. The Hall–Kier alpha value is -4.93. The molecule has 2 aliphatic heterocycles. The van der Waals surface area contributed by atoms with Crippen molar-refractivity contribution in [2.45, 2.75) is 57.9 Å². The van der Waals surface area contributed by atoms with Gasteiger partial charge in [-0.2, -0.15) is 9.50 Å². The summed E-state index contributed by atoms with van der Waals surface area (Å²) in [6.07, 6.45) is 2.90. The number of hydrogen-bond acceptors (Lipinski definition) is 11. The molecular weight excluding hydrogens is 780 g/mol. The molecule has 280 valence electrons. The first-order valence-corrected chi connectivity index (χ1v) is 19.0. The zero-order chi connectivity index (χ0) is 37.9. The van der Waals surface area contributed by atoms with E-state index in [2.05, 4.69) is 43.0 Å². The minimum atomic E-state index is -0.586. The maximum atomic E-state index is 14.7. The van der Waals surface area contributed by atoms with Crippen LogP contribution in [-0.4, -0.2) is 95.3 Å².